The molecule has 1 unspecified atom stereocenters. The summed E-state index contributed by atoms with van der Waals surface area (Å²) in [6.07, 6.45) is 0.284. The molecule has 1 atom stereocenters. The van der Waals surface area contributed by atoms with Gasteiger partial charge in [0.1, 0.15) is 0 Å². The van der Waals surface area contributed by atoms with Gasteiger partial charge in [-0.05, 0) is 55.3 Å². The maximum Gasteiger partial charge on any atom is 0.339 e. The Kier molecular flexibility index (Phi) is 3.86. The smallest absolute Gasteiger partial charge is 0.339 e. The summed E-state index contributed by atoms with van der Waals surface area (Å²) in [7, 11) is 0. The molecule has 118 valence electrons. The third kappa shape index (κ3) is 3.08. The summed E-state index contributed by atoms with van der Waals surface area (Å²) < 4.78 is 5.41. The van der Waals surface area contributed by atoms with Crippen LogP contribution < -0.4 is 5.32 Å². The van der Waals surface area contributed by atoms with Gasteiger partial charge in [-0.15, -0.1) is 0 Å². The minimum absolute atomic E-state index is 0.284. The van der Waals surface area contributed by atoms with E-state index in [1.54, 1.807) is 31.2 Å². The van der Waals surface area contributed by atoms with Crippen LogP contribution >= 0.6 is 11.6 Å². The third-order valence-corrected chi connectivity index (χ3v) is 4.12. The second-order valence-corrected chi connectivity index (χ2v) is 6.36. The molecule has 0 saturated heterocycles. The van der Waals surface area contributed by atoms with E-state index >= 15 is 0 Å². The van der Waals surface area contributed by atoms with Crippen molar-refractivity contribution in [2.45, 2.75) is 25.9 Å². The van der Waals surface area contributed by atoms with Crippen LogP contribution in [0.25, 0.3) is 0 Å². The molecule has 23 heavy (non-hydrogen) atoms. The van der Waals surface area contributed by atoms with Gasteiger partial charge in [0.05, 0.1) is 5.56 Å². The Balaban J connectivity index is 1.87. The van der Waals surface area contributed by atoms with Crippen molar-refractivity contribution in [1.82, 2.24) is 0 Å². The lowest BCUT2D eigenvalue weighted by molar-refractivity contribution is -0.134. The average Bonchev–Trinajstić information content (AvgIpc) is 2.46. The zero-order valence-electron chi connectivity index (χ0n) is 12.9. The Morgan fingerprint density at radius 1 is 1.26 bits per heavy atom. The highest BCUT2D eigenvalue weighted by Gasteiger charge is 2.42. The van der Waals surface area contributed by atoms with E-state index < -0.39 is 11.6 Å². The molecule has 4 nitrogen and oxygen atoms in total. The number of carbonyl (C=O) groups excluding carboxylic acids is 2. The van der Waals surface area contributed by atoms with Crippen molar-refractivity contribution in [1.29, 1.82) is 0 Å². The quantitative estimate of drug-likeness (QED) is 0.853. The van der Waals surface area contributed by atoms with E-state index in [0.29, 0.717) is 16.3 Å². The van der Waals surface area contributed by atoms with E-state index in [1.165, 1.54) is 0 Å². The Morgan fingerprint density at radius 3 is 2.78 bits per heavy atom. The van der Waals surface area contributed by atoms with Crippen LogP contribution in [0.5, 0.6) is 0 Å². The summed E-state index contributed by atoms with van der Waals surface area (Å²) in [5.74, 6) is -0.869. The van der Waals surface area contributed by atoms with Crippen LogP contribution in [0.2, 0.25) is 5.02 Å². The van der Waals surface area contributed by atoms with Gasteiger partial charge in [-0.1, -0.05) is 23.7 Å². The van der Waals surface area contributed by atoms with Crippen molar-refractivity contribution in [2.24, 2.45) is 0 Å². The zero-order chi connectivity index (χ0) is 16.6. The molecule has 2 aromatic carbocycles. The number of fused-ring (bicyclic) bond motifs is 1. The highest BCUT2D eigenvalue weighted by Crippen LogP contribution is 2.31. The average molecular weight is 330 g/mol. The normalized spacial score (nSPS) is 19.7. The maximum absolute atomic E-state index is 12.6. The summed E-state index contributed by atoms with van der Waals surface area (Å²) >= 11 is 5.99. The fourth-order valence-electron chi connectivity index (χ4n) is 2.68. The van der Waals surface area contributed by atoms with Crippen LogP contribution in [0.3, 0.4) is 0 Å². The second-order valence-electron chi connectivity index (χ2n) is 5.92. The Bertz CT molecular complexity index is 803. The van der Waals surface area contributed by atoms with E-state index in [2.05, 4.69) is 5.32 Å². The number of halogens is 1. The number of rotatable bonds is 2. The van der Waals surface area contributed by atoms with E-state index in [4.69, 9.17) is 16.3 Å². The van der Waals surface area contributed by atoms with Gasteiger partial charge >= 0.3 is 5.97 Å². The number of benzene rings is 2. The lowest BCUT2D eigenvalue weighted by Gasteiger charge is -2.33. The number of esters is 1. The number of carbonyl (C=O) groups is 2. The molecule has 1 heterocycles. The van der Waals surface area contributed by atoms with Gasteiger partial charge in [0, 0.05) is 17.1 Å². The topological polar surface area (TPSA) is 55.4 Å². The minimum Gasteiger partial charge on any atom is -0.445 e. The van der Waals surface area contributed by atoms with Gasteiger partial charge in [-0.25, -0.2) is 4.79 Å². The summed E-state index contributed by atoms with van der Waals surface area (Å²) in [5.41, 5.74) is 1.61. The molecule has 1 aliphatic rings. The maximum atomic E-state index is 12.6. The second kappa shape index (κ2) is 5.70. The summed E-state index contributed by atoms with van der Waals surface area (Å²) in [6, 6.07) is 12.4. The van der Waals surface area contributed by atoms with E-state index in [0.717, 1.165) is 11.1 Å². The summed E-state index contributed by atoms with van der Waals surface area (Å²) in [6.45, 7) is 3.55. The van der Waals surface area contributed by atoms with E-state index in [-0.39, 0.29) is 12.3 Å². The first-order chi connectivity index (χ1) is 10.9. The summed E-state index contributed by atoms with van der Waals surface area (Å²) in [4.78, 5) is 24.8. The molecule has 0 bridgehead atoms. The number of hydrogen-bond acceptors (Lipinski definition) is 3. The van der Waals surface area contributed by atoms with Gasteiger partial charge in [0.15, 0.2) is 5.60 Å². The third-order valence-electron chi connectivity index (χ3n) is 3.89. The molecule has 2 aromatic rings. The van der Waals surface area contributed by atoms with Gasteiger partial charge < -0.3 is 10.1 Å². The first-order valence-electron chi connectivity index (χ1n) is 7.27. The molecule has 3 rings (SSSR count). The highest BCUT2D eigenvalue weighted by molar-refractivity contribution is 6.30. The largest absolute Gasteiger partial charge is 0.445 e. The molecule has 0 spiro atoms. The highest BCUT2D eigenvalue weighted by atomic mass is 35.5. The van der Waals surface area contributed by atoms with Gasteiger partial charge in [0.25, 0.3) is 5.91 Å². The Hall–Kier alpha value is -2.33. The number of nitrogens with one attached hydrogen (secondary N) is 1. The van der Waals surface area contributed by atoms with Crippen LogP contribution in [-0.2, 0) is 16.0 Å². The number of cyclic esters (lactones) is 1. The summed E-state index contributed by atoms with van der Waals surface area (Å²) in [5, 5.41) is 3.34. The fraction of sp³-hybridized carbons (Fsp3) is 0.222. The van der Waals surface area contributed by atoms with Crippen LogP contribution in [-0.4, -0.2) is 17.5 Å². The van der Waals surface area contributed by atoms with Crippen molar-refractivity contribution >= 4 is 29.2 Å². The fourth-order valence-corrected chi connectivity index (χ4v) is 2.87. The molecular formula is C18H16ClNO3. The Labute approximate surface area is 139 Å². The van der Waals surface area contributed by atoms with Crippen molar-refractivity contribution in [3.05, 3.63) is 64.2 Å². The van der Waals surface area contributed by atoms with Gasteiger partial charge in [-0.2, -0.15) is 0 Å². The number of aryl methyl sites for hydroxylation is 1. The molecule has 0 fully saturated rings. The molecular weight excluding hydrogens is 314 g/mol. The minimum atomic E-state index is -1.27. The first kappa shape index (κ1) is 15.6. The lowest BCUT2D eigenvalue weighted by Crippen LogP contribution is -2.48. The molecule has 5 heteroatoms. The predicted octanol–water partition coefficient (Wildman–Crippen LogP) is 3.76. The lowest BCUT2D eigenvalue weighted by atomic mass is 9.89. The van der Waals surface area contributed by atoms with Crippen molar-refractivity contribution in [2.75, 3.05) is 5.32 Å². The van der Waals surface area contributed by atoms with Gasteiger partial charge in [0.2, 0.25) is 0 Å². The zero-order valence-corrected chi connectivity index (χ0v) is 13.6. The van der Waals surface area contributed by atoms with Crippen molar-refractivity contribution in [3.63, 3.8) is 0 Å². The first-order valence-corrected chi connectivity index (χ1v) is 7.65. The monoisotopic (exact) mass is 329 g/mol. The standard InChI is InChI=1S/C18H16ClNO3/c1-11-4-3-5-14(8-11)20-17(22)18(2)10-12-9-13(19)6-7-15(12)16(21)23-18/h3-9H,10H2,1-2H3,(H,20,22). The number of hydrogen-bond donors (Lipinski definition) is 1. The molecule has 0 saturated carbocycles. The van der Waals surface area contributed by atoms with E-state index in [9.17, 15) is 9.59 Å². The Morgan fingerprint density at radius 2 is 2.04 bits per heavy atom. The number of anilines is 1. The molecule has 0 aliphatic carbocycles. The van der Waals surface area contributed by atoms with Crippen LogP contribution in [0.15, 0.2) is 42.5 Å². The molecule has 0 aromatic heterocycles. The van der Waals surface area contributed by atoms with Gasteiger partial charge in [-0.3, -0.25) is 4.79 Å². The molecule has 1 aliphatic heterocycles. The SMILES string of the molecule is Cc1cccc(NC(=O)C2(C)Cc3cc(Cl)ccc3C(=O)O2)c1. The van der Waals surface area contributed by atoms with Crippen LogP contribution in [0, 0.1) is 6.92 Å². The van der Waals surface area contributed by atoms with Crippen LogP contribution in [0.1, 0.15) is 28.4 Å². The van der Waals surface area contributed by atoms with Crippen molar-refractivity contribution in [3.8, 4) is 0 Å². The predicted molar refractivity (Wildman–Crippen MR) is 88.8 cm³/mol. The van der Waals surface area contributed by atoms with Crippen LogP contribution in [0.4, 0.5) is 5.69 Å². The molecule has 1 amide bonds. The molecule has 1 N–H and O–H groups in total. The number of ether oxygens (including phenoxy) is 1. The van der Waals surface area contributed by atoms with E-state index in [1.807, 2.05) is 25.1 Å². The molecule has 0 radical (unpaired) electrons. The number of amides is 1. The van der Waals surface area contributed by atoms with Crippen molar-refractivity contribution < 1.29 is 14.3 Å².